The summed E-state index contributed by atoms with van der Waals surface area (Å²) >= 11 is 0. The van der Waals surface area contributed by atoms with Gasteiger partial charge in [-0.3, -0.25) is 25.0 Å². The monoisotopic (exact) mass is 381 g/mol. The number of carbonyl (C=O) groups excluding carboxylic acids is 3. The number of barbiturate groups is 1. The molecule has 3 rings (SSSR count). The third kappa shape index (κ3) is 3.73. The first-order valence-electron chi connectivity index (χ1n) is 8.29. The smallest absolute Gasteiger partial charge is 0.335 e. The predicted octanol–water partition coefficient (Wildman–Crippen LogP) is 2.66. The zero-order valence-electron chi connectivity index (χ0n) is 14.7. The number of ether oxygens (including phenoxy) is 1. The standard InChI is InChI=1S/C19H15N3O6/c1-2-28-15-8-6-13(7-9-15)21-18(24)16(17(23)20-19(21)25)11-12-4-3-5-14(10-12)22(26)27/h3-11H,2H2,1H3,(H,20,23,25)/b16-11-. The highest BCUT2D eigenvalue weighted by atomic mass is 16.6. The number of nitrogens with zero attached hydrogens (tertiary/aromatic N) is 2. The van der Waals surface area contributed by atoms with Crippen molar-refractivity contribution >= 4 is 35.3 Å². The third-order valence-corrected chi connectivity index (χ3v) is 3.90. The molecule has 0 spiro atoms. The summed E-state index contributed by atoms with van der Waals surface area (Å²) in [6, 6.07) is 10.8. The molecular formula is C19H15N3O6. The van der Waals surface area contributed by atoms with E-state index in [4.69, 9.17) is 4.74 Å². The van der Waals surface area contributed by atoms with Crippen LogP contribution < -0.4 is 15.0 Å². The Kier molecular flexibility index (Phi) is 5.16. The number of non-ortho nitro benzene ring substituents is 1. The highest BCUT2D eigenvalue weighted by Crippen LogP contribution is 2.25. The summed E-state index contributed by atoms with van der Waals surface area (Å²) in [5.74, 6) is -1.13. The van der Waals surface area contributed by atoms with Crippen LogP contribution in [0.3, 0.4) is 0 Å². The molecular weight excluding hydrogens is 366 g/mol. The van der Waals surface area contributed by atoms with Crippen molar-refractivity contribution in [2.75, 3.05) is 11.5 Å². The molecule has 9 nitrogen and oxygen atoms in total. The van der Waals surface area contributed by atoms with E-state index in [0.29, 0.717) is 12.4 Å². The van der Waals surface area contributed by atoms with E-state index >= 15 is 0 Å². The number of anilines is 1. The first kappa shape index (κ1) is 18.8. The van der Waals surface area contributed by atoms with Crippen molar-refractivity contribution < 1.29 is 24.0 Å². The molecule has 1 aliphatic heterocycles. The van der Waals surface area contributed by atoms with Crippen LogP contribution in [0.15, 0.2) is 54.1 Å². The zero-order valence-corrected chi connectivity index (χ0v) is 14.7. The Labute approximate surface area is 159 Å². The Morgan fingerprint density at radius 1 is 1.14 bits per heavy atom. The van der Waals surface area contributed by atoms with E-state index in [9.17, 15) is 24.5 Å². The molecule has 1 aliphatic rings. The zero-order chi connectivity index (χ0) is 20.3. The highest BCUT2D eigenvalue weighted by Gasteiger charge is 2.36. The van der Waals surface area contributed by atoms with Crippen LogP contribution in [-0.4, -0.2) is 29.4 Å². The van der Waals surface area contributed by atoms with Crippen molar-refractivity contribution in [3.8, 4) is 5.75 Å². The van der Waals surface area contributed by atoms with Crippen LogP contribution in [0.25, 0.3) is 6.08 Å². The molecule has 0 aliphatic carbocycles. The predicted molar refractivity (Wildman–Crippen MR) is 99.7 cm³/mol. The van der Waals surface area contributed by atoms with Crippen LogP contribution in [0.5, 0.6) is 5.75 Å². The second kappa shape index (κ2) is 7.70. The highest BCUT2D eigenvalue weighted by molar-refractivity contribution is 6.39. The molecule has 2 aromatic rings. The molecule has 2 aromatic carbocycles. The Balaban J connectivity index is 1.96. The van der Waals surface area contributed by atoms with Crippen molar-refractivity contribution in [2.24, 2.45) is 0 Å². The minimum absolute atomic E-state index is 0.183. The van der Waals surface area contributed by atoms with Gasteiger partial charge in [0.2, 0.25) is 0 Å². The lowest BCUT2D eigenvalue weighted by Crippen LogP contribution is -2.54. The van der Waals surface area contributed by atoms with Gasteiger partial charge in [0, 0.05) is 12.1 Å². The van der Waals surface area contributed by atoms with Gasteiger partial charge in [-0.25, -0.2) is 9.69 Å². The number of nitro benzene ring substituents is 1. The fourth-order valence-corrected chi connectivity index (χ4v) is 2.64. The second-order valence-electron chi connectivity index (χ2n) is 5.74. The number of carbonyl (C=O) groups is 3. The van der Waals surface area contributed by atoms with E-state index in [2.05, 4.69) is 5.32 Å². The van der Waals surface area contributed by atoms with Crippen molar-refractivity contribution in [3.05, 3.63) is 69.8 Å². The molecule has 0 aromatic heterocycles. The van der Waals surface area contributed by atoms with Crippen LogP contribution >= 0.6 is 0 Å². The second-order valence-corrected chi connectivity index (χ2v) is 5.74. The Hall–Kier alpha value is -4.01. The maximum Gasteiger partial charge on any atom is 0.335 e. The normalized spacial score (nSPS) is 15.5. The van der Waals surface area contributed by atoms with Gasteiger partial charge in [0.15, 0.2) is 0 Å². The lowest BCUT2D eigenvalue weighted by atomic mass is 10.1. The largest absolute Gasteiger partial charge is 0.494 e. The average molecular weight is 381 g/mol. The van der Waals surface area contributed by atoms with Gasteiger partial charge >= 0.3 is 6.03 Å². The third-order valence-electron chi connectivity index (χ3n) is 3.90. The number of urea groups is 1. The number of hydrogen-bond acceptors (Lipinski definition) is 6. The minimum atomic E-state index is -0.879. The molecule has 1 fully saturated rings. The van der Waals surface area contributed by atoms with E-state index in [1.165, 1.54) is 42.5 Å². The van der Waals surface area contributed by atoms with E-state index in [-0.39, 0.29) is 22.5 Å². The summed E-state index contributed by atoms with van der Waals surface area (Å²) in [4.78, 5) is 48.3. The number of rotatable bonds is 5. The van der Waals surface area contributed by atoms with Gasteiger partial charge < -0.3 is 4.74 Å². The molecule has 0 bridgehead atoms. The Morgan fingerprint density at radius 2 is 1.86 bits per heavy atom. The summed E-state index contributed by atoms with van der Waals surface area (Å²) < 4.78 is 5.33. The molecule has 4 amide bonds. The number of hydrogen-bond donors (Lipinski definition) is 1. The van der Waals surface area contributed by atoms with Gasteiger partial charge in [-0.1, -0.05) is 12.1 Å². The Bertz CT molecular complexity index is 997. The van der Waals surface area contributed by atoms with Gasteiger partial charge in [-0.15, -0.1) is 0 Å². The summed E-state index contributed by atoms with van der Waals surface area (Å²) in [5.41, 5.74) is 0.0449. The number of nitrogens with one attached hydrogen (secondary N) is 1. The first-order chi connectivity index (χ1) is 13.4. The van der Waals surface area contributed by atoms with Crippen molar-refractivity contribution in [1.82, 2.24) is 5.32 Å². The maximum absolute atomic E-state index is 12.8. The topological polar surface area (TPSA) is 119 Å². The fraction of sp³-hybridized carbons (Fsp3) is 0.105. The SMILES string of the molecule is CCOc1ccc(N2C(=O)NC(=O)/C(=C/c3cccc([N+](=O)[O-])c3)C2=O)cc1. The number of nitro groups is 1. The lowest BCUT2D eigenvalue weighted by molar-refractivity contribution is -0.384. The molecule has 9 heteroatoms. The molecule has 0 unspecified atom stereocenters. The summed E-state index contributed by atoms with van der Waals surface area (Å²) in [6.45, 7) is 2.29. The minimum Gasteiger partial charge on any atom is -0.494 e. The van der Waals surface area contributed by atoms with Crippen LogP contribution in [0, 0.1) is 10.1 Å². The molecule has 142 valence electrons. The van der Waals surface area contributed by atoms with E-state index in [1.54, 1.807) is 12.1 Å². The summed E-state index contributed by atoms with van der Waals surface area (Å²) in [6.07, 6.45) is 1.21. The van der Waals surface area contributed by atoms with Gasteiger partial charge in [-0.2, -0.15) is 0 Å². The van der Waals surface area contributed by atoms with Crippen molar-refractivity contribution in [1.29, 1.82) is 0 Å². The number of benzene rings is 2. The van der Waals surface area contributed by atoms with Crippen LogP contribution in [-0.2, 0) is 9.59 Å². The molecule has 0 atom stereocenters. The van der Waals surface area contributed by atoms with Gasteiger partial charge in [0.25, 0.3) is 17.5 Å². The number of amides is 4. The van der Waals surface area contributed by atoms with E-state index in [0.717, 1.165) is 4.90 Å². The van der Waals surface area contributed by atoms with E-state index in [1.807, 2.05) is 6.92 Å². The maximum atomic E-state index is 12.8. The van der Waals surface area contributed by atoms with Gasteiger partial charge in [0.05, 0.1) is 17.2 Å². The van der Waals surface area contributed by atoms with Crippen LogP contribution in [0.2, 0.25) is 0 Å². The first-order valence-corrected chi connectivity index (χ1v) is 8.29. The van der Waals surface area contributed by atoms with Crippen LogP contribution in [0.1, 0.15) is 12.5 Å². The van der Waals surface area contributed by atoms with Crippen molar-refractivity contribution in [2.45, 2.75) is 6.92 Å². The van der Waals surface area contributed by atoms with Crippen LogP contribution in [0.4, 0.5) is 16.2 Å². The summed E-state index contributed by atoms with van der Waals surface area (Å²) in [5, 5.41) is 13.0. The average Bonchev–Trinajstić information content (AvgIpc) is 2.67. The molecule has 0 radical (unpaired) electrons. The molecule has 1 saturated heterocycles. The fourth-order valence-electron chi connectivity index (χ4n) is 2.64. The molecule has 1 N–H and O–H groups in total. The lowest BCUT2D eigenvalue weighted by Gasteiger charge is -2.26. The Morgan fingerprint density at radius 3 is 2.50 bits per heavy atom. The quantitative estimate of drug-likeness (QED) is 0.368. The van der Waals surface area contributed by atoms with Gasteiger partial charge in [0.1, 0.15) is 11.3 Å². The molecule has 28 heavy (non-hydrogen) atoms. The summed E-state index contributed by atoms with van der Waals surface area (Å²) in [7, 11) is 0. The number of imide groups is 2. The molecule has 0 saturated carbocycles. The molecule has 1 heterocycles. The van der Waals surface area contributed by atoms with E-state index < -0.39 is 22.8 Å². The van der Waals surface area contributed by atoms with Gasteiger partial charge in [-0.05, 0) is 42.8 Å². The van der Waals surface area contributed by atoms with Crippen molar-refractivity contribution in [3.63, 3.8) is 0 Å².